The van der Waals surface area contributed by atoms with Gasteiger partial charge in [0.05, 0.1) is 12.3 Å². The van der Waals surface area contributed by atoms with E-state index in [9.17, 15) is 0 Å². The third-order valence-electron chi connectivity index (χ3n) is 3.98. The minimum atomic E-state index is -0.304. The van der Waals surface area contributed by atoms with Gasteiger partial charge in [-0.15, -0.1) is 0 Å². The second-order valence-electron chi connectivity index (χ2n) is 5.07. The van der Waals surface area contributed by atoms with E-state index in [4.69, 9.17) is 10.5 Å². The number of H-pyrrole nitrogens is 1. The monoisotopic (exact) mass is 244 g/mol. The lowest BCUT2D eigenvalue weighted by Gasteiger charge is -2.36. The van der Waals surface area contributed by atoms with Gasteiger partial charge >= 0.3 is 0 Å². The number of ether oxygens (including phenoxy) is 1. The van der Waals surface area contributed by atoms with Gasteiger partial charge in [0, 0.05) is 17.4 Å². The van der Waals surface area contributed by atoms with Gasteiger partial charge in [-0.25, -0.2) is 0 Å². The van der Waals surface area contributed by atoms with Crippen LogP contribution in [0.1, 0.15) is 31.0 Å². The quantitative estimate of drug-likeness (QED) is 0.872. The molecule has 0 amide bonds. The van der Waals surface area contributed by atoms with E-state index in [1.807, 2.05) is 0 Å². The smallest absolute Gasteiger partial charge is 0.120 e. The maximum atomic E-state index is 6.05. The number of aromatic nitrogens is 1. The predicted octanol–water partition coefficient (Wildman–Crippen LogP) is 2.69. The molecule has 1 atom stereocenters. The predicted molar refractivity (Wildman–Crippen MR) is 73.6 cm³/mol. The van der Waals surface area contributed by atoms with Crippen molar-refractivity contribution < 1.29 is 4.74 Å². The zero-order valence-electron chi connectivity index (χ0n) is 10.8. The normalized spacial score (nSPS) is 23.2. The highest BCUT2D eigenvalue weighted by atomic mass is 16.5. The van der Waals surface area contributed by atoms with Gasteiger partial charge in [-0.2, -0.15) is 0 Å². The maximum absolute atomic E-state index is 6.05. The molecule has 2 heterocycles. The van der Waals surface area contributed by atoms with Crippen molar-refractivity contribution in [2.75, 3.05) is 13.2 Å². The van der Waals surface area contributed by atoms with Crippen molar-refractivity contribution in [2.24, 2.45) is 5.73 Å². The van der Waals surface area contributed by atoms with E-state index in [1.165, 1.54) is 22.2 Å². The van der Waals surface area contributed by atoms with Gasteiger partial charge in [-0.1, -0.05) is 31.5 Å². The van der Waals surface area contributed by atoms with Crippen LogP contribution in [0.25, 0.3) is 10.9 Å². The molecule has 3 nitrogen and oxygen atoms in total. The Balaban J connectivity index is 2.21. The number of hydrogen-bond acceptors (Lipinski definition) is 2. The van der Waals surface area contributed by atoms with Crippen LogP contribution in [0.4, 0.5) is 0 Å². The third-order valence-corrected chi connectivity index (χ3v) is 3.98. The lowest BCUT2D eigenvalue weighted by atomic mass is 9.87. The Labute approximate surface area is 107 Å². The van der Waals surface area contributed by atoms with Crippen LogP contribution in [0.15, 0.2) is 24.3 Å². The summed E-state index contributed by atoms with van der Waals surface area (Å²) in [5, 5.41) is 1.32. The summed E-state index contributed by atoms with van der Waals surface area (Å²) in [5.74, 6) is 0. The Morgan fingerprint density at radius 1 is 1.39 bits per heavy atom. The van der Waals surface area contributed by atoms with Crippen LogP contribution in [-0.2, 0) is 16.8 Å². The molecule has 1 aliphatic rings. The highest BCUT2D eigenvalue weighted by molar-refractivity contribution is 5.85. The van der Waals surface area contributed by atoms with Crippen LogP contribution in [-0.4, -0.2) is 18.1 Å². The lowest BCUT2D eigenvalue weighted by Crippen LogP contribution is -2.42. The van der Waals surface area contributed by atoms with E-state index < -0.39 is 0 Å². The number of para-hydroxylation sites is 1. The fourth-order valence-electron chi connectivity index (χ4n) is 3.13. The summed E-state index contributed by atoms with van der Waals surface area (Å²) >= 11 is 0. The summed E-state index contributed by atoms with van der Waals surface area (Å²) < 4.78 is 6.05. The van der Waals surface area contributed by atoms with E-state index in [-0.39, 0.29) is 5.60 Å². The van der Waals surface area contributed by atoms with Crippen molar-refractivity contribution in [1.82, 2.24) is 4.98 Å². The highest BCUT2D eigenvalue weighted by Crippen LogP contribution is 2.39. The molecule has 0 bridgehead atoms. The first kappa shape index (κ1) is 11.8. The Kier molecular flexibility index (Phi) is 2.88. The first-order valence-corrected chi connectivity index (χ1v) is 6.75. The van der Waals surface area contributed by atoms with Gasteiger partial charge in [0.1, 0.15) is 5.60 Å². The second-order valence-corrected chi connectivity index (χ2v) is 5.07. The van der Waals surface area contributed by atoms with Crippen LogP contribution >= 0.6 is 0 Å². The van der Waals surface area contributed by atoms with E-state index in [2.05, 4.69) is 36.2 Å². The van der Waals surface area contributed by atoms with Crippen molar-refractivity contribution in [1.29, 1.82) is 0 Å². The van der Waals surface area contributed by atoms with Crippen molar-refractivity contribution in [3.05, 3.63) is 35.5 Å². The molecule has 3 heteroatoms. The summed E-state index contributed by atoms with van der Waals surface area (Å²) in [6.07, 6.45) is 3.03. The molecule has 1 aromatic carbocycles. The fraction of sp³-hybridized carbons (Fsp3) is 0.467. The first-order chi connectivity index (χ1) is 8.80. The zero-order valence-corrected chi connectivity index (χ0v) is 10.8. The molecule has 0 saturated carbocycles. The maximum Gasteiger partial charge on any atom is 0.120 e. The summed E-state index contributed by atoms with van der Waals surface area (Å²) in [4.78, 5) is 3.54. The molecule has 0 fully saturated rings. The number of rotatable bonds is 3. The molecule has 3 rings (SSSR count). The molecule has 0 aliphatic carbocycles. The van der Waals surface area contributed by atoms with Gasteiger partial charge in [-0.3, -0.25) is 0 Å². The number of benzene rings is 1. The zero-order chi connectivity index (χ0) is 12.6. The molecule has 2 aromatic rings. The first-order valence-electron chi connectivity index (χ1n) is 6.75. The van der Waals surface area contributed by atoms with Crippen LogP contribution in [0.2, 0.25) is 0 Å². The van der Waals surface area contributed by atoms with E-state index in [1.54, 1.807) is 0 Å². The van der Waals surface area contributed by atoms with Gasteiger partial charge in [-0.05, 0) is 24.5 Å². The van der Waals surface area contributed by atoms with Crippen molar-refractivity contribution in [3.8, 4) is 0 Å². The van der Waals surface area contributed by atoms with Gasteiger partial charge in [0.2, 0.25) is 0 Å². The molecule has 3 N–H and O–H groups in total. The second kappa shape index (κ2) is 4.41. The minimum absolute atomic E-state index is 0.304. The van der Waals surface area contributed by atoms with Gasteiger partial charge < -0.3 is 15.5 Å². The third kappa shape index (κ3) is 1.58. The number of nitrogens with one attached hydrogen (secondary N) is 1. The van der Waals surface area contributed by atoms with Crippen LogP contribution in [0, 0.1) is 0 Å². The van der Waals surface area contributed by atoms with Gasteiger partial charge in [0.25, 0.3) is 0 Å². The SMILES string of the molecule is CCCC1(CN)OCCc2c1[nH]c1ccccc21. The topological polar surface area (TPSA) is 51.0 Å². The molecular formula is C15H20N2O. The van der Waals surface area contributed by atoms with Crippen molar-refractivity contribution in [2.45, 2.75) is 31.8 Å². The Bertz CT molecular complexity index is 561. The molecule has 0 saturated heterocycles. The molecule has 0 radical (unpaired) electrons. The molecule has 1 aromatic heterocycles. The number of hydrogen-bond donors (Lipinski definition) is 2. The van der Waals surface area contributed by atoms with E-state index in [0.29, 0.717) is 6.54 Å². The molecule has 96 valence electrons. The average molecular weight is 244 g/mol. The molecule has 1 aliphatic heterocycles. The van der Waals surface area contributed by atoms with Crippen molar-refractivity contribution in [3.63, 3.8) is 0 Å². The molecular weight excluding hydrogens is 224 g/mol. The lowest BCUT2D eigenvalue weighted by molar-refractivity contribution is -0.0624. The average Bonchev–Trinajstić information content (AvgIpc) is 2.79. The van der Waals surface area contributed by atoms with E-state index in [0.717, 1.165) is 25.9 Å². The Morgan fingerprint density at radius 3 is 3.00 bits per heavy atom. The Hall–Kier alpha value is -1.32. The summed E-state index contributed by atoms with van der Waals surface area (Å²) in [7, 11) is 0. The van der Waals surface area contributed by atoms with Crippen LogP contribution in [0.3, 0.4) is 0 Å². The number of aromatic amines is 1. The molecule has 18 heavy (non-hydrogen) atoms. The van der Waals surface area contributed by atoms with Crippen molar-refractivity contribution >= 4 is 10.9 Å². The number of fused-ring (bicyclic) bond motifs is 3. The van der Waals surface area contributed by atoms with Gasteiger partial charge in [0.15, 0.2) is 0 Å². The molecule has 0 spiro atoms. The summed E-state index contributed by atoms with van der Waals surface area (Å²) in [6.45, 7) is 3.49. The summed E-state index contributed by atoms with van der Waals surface area (Å²) in [6, 6.07) is 8.47. The number of nitrogens with two attached hydrogens (primary N) is 1. The summed E-state index contributed by atoms with van der Waals surface area (Å²) in [5.41, 5.74) is 9.51. The fourth-order valence-corrected chi connectivity index (χ4v) is 3.13. The van der Waals surface area contributed by atoms with E-state index >= 15 is 0 Å². The largest absolute Gasteiger partial charge is 0.367 e. The highest BCUT2D eigenvalue weighted by Gasteiger charge is 2.38. The standard InChI is InChI=1S/C15H20N2O/c1-2-8-15(10-16)14-12(7-9-18-15)11-5-3-4-6-13(11)17-14/h3-6,17H,2,7-10,16H2,1H3. The minimum Gasteiger partial charge on any atom is -0.367 e. The van der Waals surface area contributed by atoms with Crippen LogP contribution in [0.5, 0.6) is 0 Å². The Morgan fingerprint density at radius 2 is 2.22 bits per heavy atom. The molecule has 1 unspecified atom stereocenters. The van der Waals surface area contributed by atoms with Crippen LogP contribution < -0.4 is 5.73 Å².